The van der Waals surface area contributed by atoms with Crippen molar-refractivity contribution in [3.63, 3.8) is 0 Å². The number of anilines is 1. The van der Waals surface area contributed by atoms with E-state index in [0.29, 0.717) is 43.0 Å². The SMILES string of the molecule is CC(=O)c1ccc(N2CCN(C(=O)COC(=O)c3ccccc3C(=O)c3ccccc3)CC2)c(F)c1. The summed E-state index contributed by atoms with van der Waals surface area (Å²) in [6.07, 6.45) is 0. The van der Waals surface area contributed by atoms with Gasteiger partial charge in [0.15, 0.2) is 18.2 Å². The predicted octanol–water partition coefficient (Wildman–Crippen LogP) is 3.76. The van der Waals surface area contributed by atoms with Crippen LogP contribution in [0.2, 0.25) is 0 Å². The van der Waals surface area contributed by atoms with Crippen molar-refractivity contribution in [1.82, 2.24) is 4.90 Å². The molecule has 0 N–H and O–H groups in total. The van der Waals surface area contributed by atoms with E-state index >= 15 is 0 Å². The molecule has 8 heteroatoms. The van der Waals surface area contributed by atoms with E-state index in [2.05, 4.69) is 0 Å². The number of nitrogens with zero attached hydrogens (tertiary/aromatic N) is 2. The maximum absolute atomic E-state index is 14.5. The average Bonchev–Trinajstić information content (AvgIpc) is 2.91. The van der Waals surface area contributed by atoms with Crippen LogP contribution in [0.15, 0.2) is 72.8 Å². The molecule has 1 aliphatic rings. The summed E-state index contributed by atoms with van der Waals surface area (Å²) in [6.45, 7) is 2.36. The summed E-state index contributed by atoms with van der Waals surface area (Å²) in [5, 5.41) is 0. The molecule has 1 fully saturated rings. The van der Waals surface area contributed by atoms with E-state index in [1.807, 2.05) is 0 Å². The van der Waals surface area contributed by atoms with Crippen LogP contribution in [-0.4, -0.2) is 61.1 Å². The Balaban J connectivity index is 1.34. The lowest BCUT2D eigenvalue weighted by Crippen LogP contribution is -2.50. The molecule has 0 aromatic heterocycles. The Bertz CT molecular complexity index is 1300. The van der Waals surface area contributed by atoms with Gasteiger partial charge in [-0.3, -0.25) is 14.4 Å². The molecule has 1 amide bonds. The van der Waals surface area contributed by atoms with E-state index in [1.54, 1.807) is 70.5 Å². The molecule has 4 rings (SSSR count). The number of ether oxygens (including phenoxy) is 1. The lowest BCUT2D eigenvalue weighted by atomic mass is 9.98. The first-order valence-electron chi connectivity index (χ1n) is 11.5. The van der Waals surface area contributed by atoms with Crippen molar-refractivity contribution >= 4 is 29.1 Å². The van der Waals surface area contributed by atoms with Gasteiger partial charge in [-0.1, -0.05) is 48.5 Å². The van der Waals surface area contributed by atoms with Gasteiger partial charge in [-0.15, -0.1) is 0 Å². The first kappa shape index (κ1) is 24.8. The second kappa shape index (κ2) is 10.9. The van der Waals surface area contributed by atoms with Gasteiger partial charge in [-0.05, 0) is 31.2 Å². The number of piperazine rings is 1. The third-order valence-corrected chi connectivity index (χ3v) is 6.08. The maximum Gasteiger partial charge on any atom is 0.339 e. The van der Waals surface area contributed by atoms with E-state index in [4.69, 9.17) is 4.74 Å². The molecule has 7 nitrogen and oxygen atoms in total. The third kappa shape index (κ3) is 5.49. The van der Waals surface area contributed by atoms with Crippen molar-refractivity contribution in [2.45, 2.75) is 6.92 Å². The number of benzene rings is 3. The monoisotopic (exact) mass is 488 g/mol. The molecule has 3 aromatic carbocycles. The van der Waals surface area contributed by atoms with Crippen molar-refractivity contribution in [2.24, 2.45) is 0 Å². The number of carbonyl (C=O) groups excluding carboxylic acids is 4. The molecule has 0 saturated carbocycles. The summed E-state index contributed by atoms with van der Waals surface area (Å²) in [5.41, 5.74) is 1.41. The van der Waals surface area contributed by atoms with E-state index in [9.17, 15) is 23.6 Å². The van der Waals surface area contributed by atoms with Crippen LogP contribution in [0.25, 0.3) is 0 Å². The van der Waals surface area contributed by atoms with Gasteiger partial charge in [-0.2, -0.15) is 0 Å². The van der Waals surface area contributed by atoms with Crippen LogP contribution in [0.4, 0.5) is 10.1 Å². The largest absolute Gasteiger partial charge is 0.452 e. The molecule has 36 heavy (non-hydrogen) atoms. The molecule has 1 heterocycles. The van der Waals surface area contributed by atoms with Crippen molar-refractivity contribution in [1.29, 1.82) is 0 Å². The van der Waals surface area contributed by atoms with Gasteiger partial charge in [0.05, 0.1) is 11.3 Å². The van der Waals surface area contributed by atoms with Gasteiger partial charge in [0.25, 0.3) is 5.91 Å². The molecule has 0 aliphatic carbocycles. The number of Topliss-reactive ketones (excluding diaryl/α,β-unsaturated/α-hetero) is 1. The van der Waals surface area contributed by atoms with E-state index in [0.717, 1.165) is 0 Å². The van der Waals surface area contributed by atoms with Gasteiger partial charge in [0.2, 0.25) is 0 Å². The predicted molar refractivity (Wildman–Crippen MR) is 132 cm³/mol. The topological polar surface area (TPSA) is 84.0 Å². The Morgan fingerprint density at radius 1 is 0.806 bits per heavy atom. The minimum atomic E-state index is -0.755. The van der Waals surface area contributed by atoms with Crippen molar-refractivity contribution in [3.05, 3.63) is 101 Å². The van der Waals surface area contributed by atoms with Gasteiger partial charge in [0, 0.05) is 42.9 Å². The van der Waals surface area contributed by atoms with Gasteiger partial charge in [-0.25, -0.2) is 9.18 Å². The van der Waals surface area contributed by atoms with E-state index in [-0.39, 0.29) is 28.6 Å². The number of esters is 1. The fraction of sp³-hybridized carbons (Fsp3) is 0.214. The Morgan fingerprint density at radius 3 is 2.08 bits per heavy atom. The molecule has 1 saturated heterocycles. The minimum Gasteiger partial charge on any atom is -0.452 e. The number of carbonyl (C=O) groups is 4. The molecule has 184 valence electrons. The molecule has 3 aromatic rings. The fourth-order valence-electron chi connectivity index (χ4n) is 4.08. The van der Waals surface area contributed by atoms with E-state index < -0.39 is 18.4 Å². The normalized spacial score (nSPS) is 13.3. The Kier molecular flexibility index (Phi) is 7.53. The van der Waals surface area contributed by atoms with Crippen LogP contribution in [0.5, 0.6) is 0 Å². The van der Waals surface area contributed by atoms with E-state index in [1.165, 1.54) is 19.1 Å². The second-order valence-corrected chi connectivity index (χ2v) is 8.41. The summed E-state index contributed by atoms with van der Waals surface area (Å²) in [7, 11) is 0. The van der Waals surface area contributed by atoms with Gasteiger partial charge < -0.3 is 14.5 Å². The van der Waals surface area contributed by atoms with Crippen molar-refractivity contribution < 1.29 is 28.3 Å². The number of ketones is 2. The highest BCUT2D eigenvalue weighted by molar-refractivity contribution is 6.14. The summed E-state index contributed by atoms with van der Waals surface area (Å²) in [4.78, 5) is 53.0. The number of hydrogen-bond acceptors (Lipinski definition) is 6. The van der Waals surface area contributed by atoms with Crippen LogP contribution in [0.1, 0.15) is 43.6 Å². The molecular weight excluding hydrogens is 463 g/mol. The highest BCUT2D eigenvalue weighted by Crippen LogP contribution is 2.22. The lowest BCUT2D eigenvalue weighted by molar-refractivity contribution is -0.134. The third-order valence-electron chi connectivity index (χ3n) is 6.08. The van der Waals surface area contributed by atoms with Crippen LogP contribution in [0, 0.1) is 5.82 Å². The number of amides is 1. The molecule has 0 radical (unpaired) electrons. The zero-order chi connectivity index (χ0) is 25.7. The summed E-state index contributed by atoms with van der Waals surface area (Å²) < 4.78 is 19.7. The number of hydrogen-bond donors (Lipinski definition) is 0. The first-order valence-corrected chi connectivity index (χ1v) is 11.5. The van der Waals surface area contributed by atoms with Crippen LogP contribution in [0.3, 0.4) is 0 Å². The average molecular weight is 489 g/mol. The highest BCUT2D eigenvalue weighted by atomic mass is 19.1. The number of halogens is 1. The molecule has 0 bridgehead atoms. The lowest BCUT2D eigenvalue weighted by Gasteiger charge is -2.36. The standard InChI is InChI=1S/C28H25FN2O5/c1-19(32)21-11-12-25(24(29)17-21)30-13-15-31(16-14-30)26(33)18-36-28(35)23-10-6-5-9-22(23)27(34)20-7-3-2-4-8-20/h2-12,17H,13-16,18H2,1H3. The van der Waals surface area contributed by atoms with Crippen LogP contribution in [-0.2, 0) is 9.53 Å². The zero-order valence-corrected chi connectivity index (χ0v) is 19.8. The summed E-state index contributed by atoms with van der Waals surface area (Å²) in [6, 6.07) is 19.3. The highest BCUT2D eigenvalue weighted by Gasteiger charge is 2.25. The van der Waals surface area contributed by atoms with Gasteiger partial charge >= 0.3 is 5.97 Å². The smallest absolute Gasteiger partial charge is 0.339 e. The number of rotatable bonds is 7. The van der Waals surface area contributed by atoms with Crippen molar-refractivity contribution in [2.75, 3.05) is 37.7 Å². The quantitative estimate of drug-likeness (QED) is 0.372. The maximum atomic E-state index is 14.5. The summed E-state index contributed by atoms with van der Waals surface area (Å²) in [5.74, 6) is -2.14. The minimum absolute atomic E-state index is 0.0912. The zero-order valence-electron chi connectivity index (χ0n) is 19.8. The van der Waals surface area contributed by atoms with Crippen molar-refractivity contribution in [3.8, 4) is 0 Å². The van der Waals surface area contributed by atoms with Gasteiger partial charge in [0.1, 0.15) is 5.82 Å². The Morgan fingerprint density at radius 2 is 1.44 bits per heavy atom. The Labute approximate surface area is 208 Å². The first-order chi connectivity index (χ1) is 17.3. The molecule has 0 atom stereocenters. The van der Waals surface area contributed by atoms with Crippen LogP contribution >= 0.6 is 0 Å². The molecule has 0 spiro atoms. The fourth-order valence-corrected chi connectivity index (χ4v) is 4.08. The molecule has 0 unspecified atom stereocenters. The molecular formula is C28H25FN2O5. The molecule has 1 aliphatic heterocycles. The Hall–Kier alpha value is -4.33. The second-order valence-electron chi connectivity index (χ2n) is 8.41. The van der Waals surface area contributed by atoms with Crippen LogP contribution < -0.4 is 4.90 Å². The summed E-state index contributed by atoms with van der Waals surface area (Å²) >= 11 is 0.